The van der Waals surface area contributed by atoms with Crippen LogP contribution >= 0.6 is 11.6 Å². The molecule has 1 heterocycles. The summed E-state index contributed by atoms with van der Waals surface area (Å²) in [5.41, 5.74) is 3.35. The van der Waals surface area contributed by atoms with E-state index in [0.717, 1.165) is 22.5 Å². The number of hydrogen-bond acceptors (Lipinski definition) is 5. The van der Waals surface area contributed by atoms with E-state index in [1.807, 2.05) is 24.3 Å². The van der Waals surface area contributed by atoms with E-state index >= 15 is 0 Å². The predicted molar refractivity (Wildman–Crippen MR) is 111 cm³/mol. The molecule has 0 amide bonds. The van der Waals surface area contributed by atoms with Crippen molar-refractivity contribution >= 4 is 23.1 Å². The maximum absolute atomic E-state index is 11.0. The summed E-state index contributed by atoms with van der Waals surface area (Å²) in [6.45, 7) is 0. The van der Waals surface area contributed by atoms with E-state index in [1.54, 1.807) is 36.4 Å². The molecule has 0 saturated carbocycles. The number of nitrogens with zero attached hydrogens (tertiary/aromatic N) is 3. The van der Waals surface area contributed by atoms with Crippen LogP contribution in [0.15, 0.2) is 77.8 Å². The maximum Gasteiger partial charge on any atom is 0.269 e. The summed E-state index contributed by atoms with van der Waals surface area (Å²) in [5, 5.41) is 24.1. The normalized spacial score (nSPS) is 17.9. The molecule has 2 atom stereocenters. The largest absolute Gasteiger partial charge is 0.361 e. The molecule has 29 heavy (non-hydrogen) atoms. The number of nitrogens with one attached hydrogen (secondary N) is 1. The Labute approximate surface area is 172 Å². The number of amidine groups is 1. The van der Waals surface area contributed by atoms with Gasteiger partial charge in [-0.05, 0) is 47.5 Å². The van der Waals surface area contributed by atoms with Crippen molar-refractivity contribution in [1.29, 1.82) is 5.26 Å². The third-order valence-electron chi connectivity index (χ3n) is 4.84. The summed E-state index contributed by atoms with van der Waals surface area (Å²) in [7, 11) is 0. The number of hydrogen-bond donors (Lipinski definition) is 1. The van der Waals surface area contributed by atoms with Gasteiger partial charge in [0.15, 0.2) is 0 Å². The first-order chi connectivity index (χ1) is 14.0. The molecule has 4 rings (SSSR count). The van der Waals surface area contributed by atoms with Crippen LogP contribution in [0.3, 0.4) is 0 Å². The summed E-state index contributed by atoms with van der Waals surface area (Å²) in [4.78, 5) is 15.4. The lowest BCUT2D eigenvalue weighted by atomic mass is 9.94. The van der Waals surface area contributed by atoms with Crippen LogP contribution in [0.5, 0.6) is 0 Å². The Morgan fingerprint density at radius 3 is 2.17 bits per heavy atom. The van der Waals surface area contributed by atoms with Crippen molar-refractivity contribution in [2.45, 2.75) is 12.1 Å². The first kappa shape index (κ1) is 18.7. The summed E-state index contributed by atoms with van der Waals surface area (Å²) in [5.74, 6) is 0.722. The number of nitro groups is 1. The summed E-state index contributed by atoms with van der Waals surface area (Å²) >= 11 is 5.99. The molecule has 3 aromatic carbocycles. The molecule has 142 valence electrons. The molecule has 0 aliphatic carbocycles. The zero-order valence-corrected chi connectivity index (χ0v) is 15.9. The van der Waals surface area contributed by atoms with Crippen molar-refractivity contribution in [3.8, 4) is 6.07 Å². The Bertz CT molecular complexity index is 1120. The Morgan fingerprint density at radius 1 is 0.966 bits per heavy atom. The van der Waals surface area contributed by atoms with E-state index in [-0.39, 0.29) is 17.8 Å². The molecular weight excluding hydrogens is 388 g/mol. The number of rotatable bonds is 4. The summed E-state index contributed by atoms with van der Waals surface area (Å²) in [6.07, 6.45) is 0. The first-order valence-electron chi connectivity index (χ1n) is 8.90. The van der Waals surface area contributed by atoms with E-state index in [1.165, 1.54) is 12.1 Å². The van der Waals surface area contributed by atoms with Gasteiger partial charge in [-0.15, -0.1) is 0 Å². The average Bonchev–Trinajstić information content (AvgIpc) is 3.20. The van der Waals surface area contributed by atoms with Gasteiger partial charge in [-0.2, -0.15) is 5.26 Å². The zero-order chi connectivity index (χ0) is 20.4. The van der Waals surface area contributed by atoms with Crippen molar-refractivity contribution in [2.75, 3.05) is 0 Å². The lowest BCUT2D eigenvalue weighted by Crippen LogP contribution is -2.25. The summed E-state index contributed by atoms with van der Waals surface area (Å²) in [6, 6.07) is 22.8. The van der Waals surface area contributed by atoms with Crippen LogP contribution in [-0.4, -0.2) is 10.8 Å². The minimum absolute atomic E-state index is 0.0421. The Balaban J connectivity index is 1.72. The van der Waals surface area contributed by atoms with Gasteiger partial charge in [0, 0.05) is 22.7 Å². The molecule has 7 heteroatoms. The molecular formula is C22H15ClN4O2. The van der Waals surface area contributed by atoms with Gasteiger partial charge in [0.1, 0.15) is 11.9 Å². The topological polar surface area (TPSA) is 91.3 Å². The highest BCUT2D eigenvalue weighted by atomic mass is 35.5. The second-order valence-corrected chi connectivity index (χ2v) is 7.07. The number of halogens is 1. The second-order valence-electron chi connectivity index (χ2n) is 6.63. The third kappa shape index (κ3) is 3.82. The SMILES string of the molecule is N#Cc1ccc([C@H]2N=C(c3ccc(Cl)cc3)N[C@H]2c2ccc([N+](=O)[O-])cc2)cc1. The number of nitro benzene ring substituents is 1. The van der Waals surface area contributed by atoms with Gasteiger partial charge in [0.25, 0.3) is 5.69 Å². The first-order valence-corrected chi connectivity index (χ1v) is 9.27. The fourth-order valence-corrected chi connectivity index (χ4v) is 3.46. The molecule has 1 N–H and O–H groups in total. The van der Waals surface area contributed by atoms with Crippen LogP contribution in [0.1, 0.15) is 34.3 Å². The highest BCUT2D eigenvalue weighted by molar-refractivity contribution is 6.30. The molecule has 0 saturated heterocycles. The molecule has 3 aromatic rings. The van der Waals surface area contributed by atoms with Crippen LogP contribution in [0.4, 0.5) is 5.69 Å². The number of nitriles is 1. The van der Waals surface area contributed by atoms with Crippen molar-refractivity contribution in [2.24, 2.45) is 4.99 Å². The van der Waals surface area contributed by atoms with Gasteiger partial charge in [-0.1, -0.05) is 35.9 Å². The highest BCUT2D eigenvalue weighted by Gasteiger charge is 2.32. The smallest absolute Gasteiger partial charge is 0.269 e. The van der Waals surface area contributed by atoms with Gasteiger partial charge in [0.2, 0.25) is 0 Å². The van der Waals surface area contributed by atoms with Crippen molar-refractivity contribution in [1.82, 2.24) is 5.32 Å². The van der Waals surface area contributed by atoms with Crippen LogP contribution < -0.4 is 5.32 Å². The minimum Gasteiger partial charge on any atom is -0.361 e. The number of non-ortho nitro benzene ring substituents is 1. The lowest BCUT2D eigenvalue weighted by Gasteiger charge is -2.19. The van der Waals surface area contributed by atoms with Gasteiger partial charge in [-0.25, -0.2) is 0 Å². The molecule has 0 fully saturated rings. The molecule has 0 bridgehead atoms. The van der Waals surface area contributed by atoms with Gasteiger partial charge >= 0.3 is 0 Å². The van der Waals surface area contributed by atoms with Gasteiger partial charge in [-0.3, -0.25) is 15.1 Å². The highest BCUT2D eigenvalue weighted by Crippen LogP contribution is 2.37. The minimum atomic E-state index is -0.417. The number of benzene rings is 3. The molecule has 6 nitrogen and oxygen atoms in total. The quantitative estimate of drug-likeness (QED) is 0.493. The van der Waals surface area contributed by atoms with Crippen molar-refractivity contribution < 1.29 is 4.92 Å². The molecule has 1 aliphatic rings. The van der Waals surface area contributed by atoms with Crippen LogP contribution in [0.2, 0.25) is 5.02 Å². The molecule has 0 unspecified atom stereocenters. The van der Waals surface area contributed by atoms with E-state index in [0.29, 0.717) is 10.6 Å². The fourth-order valence-electron chi connectivity index (χ4n) is 3.33. The lowest BCUT2D eigenvalue weighted by molar-refractivity contribution is -0.384. The van der Waals surface area contributed by atoms with Crippen molar-refractivity contribution in [3.63, 3.8) is 0 Å². The van der Waals surface area contributed by atoms with Crippen LogP contribution in [0.25, 0.3) is 0 Å². The summed E-state index contributed by atoms with van der Waals surface area (Å²) < 4.78 is 0. The molecule has 0 radical (unpaired) electrons. The Hall–Kier alpha value is -3.69. The molecule has 1 aliphatic heterocycles. The van der Waals surface area contributed by atoms with Crippen LogP contribution in [0, 0.1) is 21.4 Å². The average molecular weight is 403 g/mol. The predicted octanol–water partition coefficient (Wildman–Crippen LogP) is 4.95. The van der Waals surface area contributed by atoms with Crippen molar-refractivity contribution in [3.05, 3.63) is 110 Å². The van der Waals surface area contributed by atoms with Crippen LogP contribution in [-0.2, 0) is 0 Å². The standard InChI is InChI=1S/C22H15ClN4O2/c23-18-9-5-17(6-10-18)22-25-20(15-3-1-14(13-24)2-4-15)21(26-22)16-7-11-19(12-8-16)27(28)29/h1-12,20-21H,(H,25,26)/t20-,21+/m1/s1. The third-order valence-corrected chi connectivity index (χ3v) is 5.09. The van der Waals surface area contributed by atoms with Gasteiger partial charge < -0.3 is 5.32 Å². The van der Waals surface area contributed by atoms with E-state index < -0.39 is 4.92 Å². The van der Waals surface area contributed by atoms with Gasteiger partial charge in [0.05, 0.1) is 22.6 Å². The maximum atomic E-state index is 11.0. The Morgan fingerprint density at radius 2 is 1.59 bits per heavy atom. The van der Waals surface area contributed by atoms with E-state index in [9.17, 15) is 10.1 Å². The molecule has 0 aromatic heterocycles. The second kappa shape index (κ2) is 7.74. The fraction of sp³-hybridized carbons (Fsp3) is 0.0909. The zero-order valence-electron chi connectivity index (χ0n) is 15.1. The number of aliphatic imine (C=N–C) groups is 1. The molecule has 0 spiro atoms. The Kier molecular flexibility index (Phi) is 4.98. The monoisotopic (exact) mass is 402 g/mol. The van der Waals surface area contributed by atoms with E-state index in [4.69, 9.17) is 21.9 Å². The van der Waals surface area contributed by atoms with E-state index in [2.05, 4.69) is 11.4 Å².